The van der Waals surface area contributed by atoms with Crippen LogP contribution in [0.15, 0.2) is 0 Å². The van der Waals surface area contributed by atoms with Crippen molar-refractivity contribution in [1.29, 1.82) is 0 Å². The Morgan fingerprint density at radius 2 is 2.05 bits per heavy atom. The Hall–Kier alpha value is -1.43. The summed E-state index contributed by atoms with van der Waals surface area (Å²) < 4.78 is 12.1. The van der Waals surface area contributed by atoms with E-state index in [0.29, 0.717) is 18.8 Å². The van der Waals surface area contributed by atoms with Crippen molar-refractivity contribution in [2.45, 2.75) is 52.7 Å². The molecule has 19 heavy (non-hydrogen) atoms. The summed E-state index contributed by atoms with van der Waals surface area (Å²) in [6, 6.07) is 0. The highest BCUT2D eigenvalue weighted by atomic mass is 16.5. The van der Waals surface area contributed by atoms with Crippen LogP contribution in [0.25, 0.3) is 0 Å². The molecule has 0 aliphatic heterocycles. The van der Waals surface area contributed by atoms with E-state index in [1.165, 1.54) is 7.11 Å². The van der Waals surface area contributed by atoms with Crippen molar-refractivity contribution in [1.82, 2.24) is 15.0 Å². The van der Waals surface area contributed by atoms with E-state index >= 15 is 0 Å². The third kappa shape index (κ3) is 4.63. The van der Waals surface area contributed by atoms with E-state index < -0.39 is 5.97 Å². The fourth-order valence-corrected chi connectivity index (χ4v) is 1.69. The highest BCUT2D eigenvalue weighted by Crippen LogP contribution is 2.11. The van der Waals surface area contributed by atoms with Crippen LogP contribution in [0.4, 0.5) is 0 Å². The molecule has 0 N–H and O–H groups in total. The number of nitrogens with zero attached hydrogens (tertiary/aromatic N) is 3. The number of hydrogen-bond donors (Lipinski definition) is 0. The molecule has 0 atom stereocenters. The van der Waals surface area contributed by atoms with Crippen LogP contribution >= 0.6 is 0 Å². The first kappa shape index (κ1) is 15.6. The summed E-state index contributed by atoms with van der Waals surface area (Å²) in [5.41, 5.74) is 0.934. The summed E-state index contributed by atoms with van der Waals surface area (Å²) in [6.45, 7) is 9.16. The molecule has 1 rings (SSSR count). The van der Waals surface area contributed by atoms with Gasteiger partial charge in [0.05, 0.1) is 31.6 Å². The van der Waals surface area contributed by atoms with Crippen LogP contribution in [0.1, 0.15) is 50.3 Å². The van der Waals surface area contributed by atoms with Gasteiger partial charge in [-0.2, -0.15) is 0 Å². The Labute approximate surface area is 114 Å². The zero-order valence-electron chi connectivity index (χ0n) is 12.4. The first-order chi connectivity index (χ1) is 8.89. The second kappa shape index (κ2) is 6.65. The molecular weight excluding hydrogens is 246 g/mol. The lowest BCUT2D eigenvalue weighted by Crippen LogP contribution is -2.23. The second-order valence-electron chi connectivity index (χ2n) is 5.31. The molecule has 1 heterocycles. The molecule has 0 aromatic carbocycles. The molecule has 0 bridgehead atoms. The van der Waals surface area contributed by atoms with Crippen LogP contribution < -0.4 is 0 Å². The van der Waals surface area contributed by atoms with Crippen molar-refractivity contribution in [3.63, 3.8) is 0 Å². The normalized spacial score (nSPS) is 11.6. The standard InChI is InChI=1S/C13H23N3O3/c1-6-7-10-11(12(17)18-5)14-15-16(10)8-9-19-13(2,3)4/h6-9H2,1-5H3. The molecule has 0 aliphatic rings. The van der Waals surface area contributed by atoms with Gasteiger partial charge in [-0.15, -0.1) is 5.10 Å². The van der Waals surface area contributed by atoms with E-state index in [1.807, 2.05) is 27.7 Å². The van der Waals surface area contributed by atoms with Gasteiger partial charge in [-0.05, 0) is 27.2 Å². The Kier molecular flexibility index (Phi) is 5.47. The SMILES string of the molecule is CCCc1c(C(=O)OC)nnn1CCOC(C)(C)C. The van der Waals surface area contributed by atoms with Crippen LogP contribution in [0.5, 0.6) is 0 Å². The van der Waals surface area contributed by atoms with Crippen molar-refractivity contribution in [3.8, 4) is 0 Å². The monoisotopic (exact) mass is 269 g/mol. The highest BCUT2D eigenvalue weighted by Gasteiger charge is 2.19. The summed E-state index contributed by atoms with van der Waals surface area (Å²) in [6.07, 6.45) is 1.66. The van der Waals surface area contributed by atoms with Crippen LogP contribution in [-0.2, 0) is 22.4 Å². The number of methoxy groups -OCH3 is 1. The molecule has 0 unspecified atom stereocenters. The topological polar surface area (TPSA) is 66.2 Å². The van der Waals surface area contributed by atoms with Crippen LogP contribution in [0, 0.1) is 0 Å². The lowest BCUT2D eigenvalue weighted by molar-refractivity contribution is -0.00833. The molecule has 0 saturated heterocycles. The largest absolute Gasteiger partial charge is 0.464 e. The summed E-state index contributed by atoms with van der Waals surface area (Å²) >= 11 is 0. The molecule has 0 saturated carbocycles. The highest BCUT2D eigenvalue weighted by molar-refractivity contribution is 5.88. The predicted octanol–water partition coefficient (Wildman–Crippen LogP) is 1.83. The number of hydrogen-bond acceptors (Lipinski definition) is 5. The minimum absolute atomic E-state index is 0.184. The van der Waals surface area contributed by atoms with Gasteiger partial charge < -0.3 is 9.47 Å². The molecule has 0 aliphatic carbocycles. The molecule has 6 heteroatoms. The molecule has 1 aromatic heterocycles. The van der Waals surface area contributed by atoms with Crippen molar-refractivity contribution in [2.75, 3.05) is 13.7 Å². The minimum atomic E-state index is -0.438. The third-order valence-electron chi connectivity index (χ3n) is 2.54. The molecule has 6 nitrogen and oxygen atoms in total. The Morgan fingerprint density at radius 1 is 1.37 bits per heavy atom. The van der Waals surface area contributed by atoms with E-state index in [0.717, 1.165) is 18.5 Å². The van der Waals surface area contributed by atoms with E-state index in [-0.39, 0.29) is 5.60 Å². The molecule has 0 fully saturated rings. The molecule has 0 spiro atoms. The number of aromatic nitrogens is 3. The molecule has 108 valence electrons. The van der Waals surface area contributed by atoms with Gasteiger partial charge in [0.15, 0.2) is 5.69 Å². The van der Waals surface area contributed by atoms with Crippen molar-refractivity contribution in [2.24, 2.45) is 0 Å². The van der Waals surface area contributed by atoms with Crippen LogP contribution in [0.2, 0.25) is 0 Å². The maximum Gasteiger partial charge on any atom is 0.360 e. The second-order valence-corrected chi connectivity index (χ2v) is 5.31. The van der Waals surface area contributed by atoms with Gasteiger partial charge in [-0.1, -0.05) is 18.6 Å². The smallest absolute Gasteiger partial charge is 0.360 e. The molecular formula is C13H23N3O3. The minimum Gasteiger partial charge on any atom is -0.464 e. The van der Waals surface area contributed by atoms with Crippen molar-refractivity contribution >= 4 is 5.97 Å². The fraction of sp³-hybridized carbons (Fsp3) is 0.769. The van der Waals surface area contributed by atoms with Gasteiger partial charge in [-0.25, -0.2) is 9.48 Å². The molecule has 1 aromatic rings. The van der Waals surface area contributed by atoms with Gasteiger partial charge in [0.25, 0.3) is 0 Å². The Morgan fingerprint density at radius 3 is 2.58 bits per heavy atom. The predicted molar refractivity (Wildman–Crippen MR) is 71.1 cm³/mol. The van der Waals surface area contributed by atoms with Crippen molar-refractivity contribution in [3.05, 3.63) is 11.4 Å². The molecule has 0 radical (unpaired) electrons. The van der Waals surface area contributed by atoms with E-state index in [4.69, 9.17) is 9.47 Å². The Bertz CT molecular complexity index is 421. The first-order valence-electron chi connectivity index (χ1n) is 6.53. The first-order valence-corrected chi connectivity index (χ1v) is 6.53. The number of ether oxygens (including phenoxy) is 2. The lowest BCUT2D eigenvalue weighted by atomic mass is 10.2. The summed E-state index contributed by atoms with van der Waals surface area (Å²) in [5.74, 6) is -0.438. The zero-order valence-corrected chi connectivity index (χ0v) is 12.4. The summed E-state index contributed by atoms with van der Waals surface area (Å²) in [5, 5.41) is 7.91. The number of carbonyl (C=O) groups is 1. The third-order valence-corrected chi connectivity index (χ3v) is 2.54. The number of rotatable bonds is 6. The van der Waals surface area contributed by atoms with Gasteiger partial charge in [0, 0.05) is 0 Å². The van der Waals surface area contributed by atoms with Crippen molar-refractivity contribution < 1.29 is 14.3 Å². The van der Waals surface area contributed by atoms with Gasteiger partial charge in [0.1, 0.15) is 0 Å². The maximum atomic E-state index is 11.6. The fourth-order valence-electron chi connectivity index (χ4n) is 1.69. The van der Waals surface area contributed by atoms with E-state index in [2.05, 4.69) is 10.3 Å². The van der Waals surface area contributed by atoms with Crippen LogP contribution in [-0.4, -0.2) is 40.3 Å². The molecule has 0 amide bonds. The Balaban J connectivity index is 2.77. The number of carbonyl (C=O) groups excluding carboxylic acids is 1. The quantitative estimate of drug-likeness (QED) is 0.737. The zero-order chi connectivity index (χ0) is 14.5. The van der Waals surface area contributed by atoms with Crippen LogP contribution in [0.3, 0.4) is 0 Å². The summed E-state index contributed by atoms with van der Waals surface area (Å²) in [4.78, 5) is 11.6. The van der Waals surface area contributed by atoms with Gasteiger partial charge in [0.2, 0.25) is 0 Å². The maximum absolute atomic E-state index is 11.6. The average molecular weight is 269 g/mol. The van der Waals surface area contributed by atoms with E-state index in [9.17, 15) is 4.79 Å². The van der Waals surface area contributed by atoms with E-state index in [1.54, 1.807) is 4.68 Å². The van der Waals surface area contributed by atoms with Gasteiger partial charge >= 0.3 is 5.97 Å². The number of esters is 1. The van der Waals surface area contributed by atoms with Gasteiger partial charge in [-0.3, -0.25) is 0 Å². The lowest BCUT2D eigenvalue weighted by Gasteiger charge is -2.19. The summed E-state index contributed by atoms with van der Waals surface area (Å²) in [7, 11) is 1.35. The average Bonchev–Trinajstić information content (AvgIpc) is 2.71.